The van der Waals surface area contributed by atoms with Crippen LogP contribution in [0.1, 0.15) is 32.1 Å². The highest BCUT2D eigenvalue weighted by Gasteiger charge is 2.32. The van der Waals surface area contributed by atoms with Crippen LogP contribution in [0.25, 0.3) is 0 Å². The van der Waals surface area contributed by atoms with Crippen molar-refractivity contribution in [3.63, 3.8) is 0 Å². The van der Waals surface area contributed by atoms with E-state index in [0.29, 0.717) is 0 Å². The molecule has 1 aliphatic carbocycles. The summed E-state index contributed by atoms with van der Waals surface area (Å²) >= 11 is 2.11. The van der Waals surface area contributed by atoms with E-state index in [9.17, 15) is 0 Å². The molecule has 0 radical (unpaired) electrons. The summed E-state index contributed by atoms with van der Waals surface area (Å²) in [6, 6.07) is 1.60. The molecule has 0 amide bonds. The van der Waals surface area contributed by atoms with Gasteiger partial charge in [0, 0.05) is 17.8 Å². The molecule has 1 heterocycles. The number of nitrogens with zero attached hydrogens (tertiary/aromatic N) is 1. The van der Waals surface area contributed by atoms with Crippen molar-refractivity contribution < 1.29 is 0 Å². The average Bonchev–Trinajstić information content (AvgIpc) is 2.81. The highest BCUT2D eigenvalue weighted by Crippen LogP contribution is 2.31. The molecule has 2 aliphatic rings. The zero-order chi connectivity index (χ0) is 10.7. The summed E-state index contributed by atoms with van der Waals surface area (Å²) in [6.07, 6.45) is 6.91. The second kappa shape index (κ2) is 5.55. The lowest BCUT2D eigenvalue weighted by Gasteiger charge is -2.40. The second-order valence-corrected chi connectivity index (χ2v) is 6.18. The predicted octanol–water partition coefficient (Wildman–Crippen LogP) is 1.94. The fraction of sp³-hybridized carbons (Fsp3) is 1.00. The van der Waals surface area contributed by atoms with Gasteiger partial charge in [-0.3, -0.25) is 4.90 Å². The molecule has 0 aromatic rings. The number of hydrogen-bond acceptors (Lipinski definition) is 3. The third-order valence-corrected chi connectivity index (χ3v) is 5.32. The molecule has 3 unspecified atom stereocenters. The average molecular weight is 228 g/mol. The van der Waals surface area contributed by atoms with E-state index in [0.717, 1.165) is 24.5 Å². The van der Waals surface area contributed by atoms with Crippen LogP contribution in [-0.4, -0.2) is 42.1 Å². The molecule has 0 spiro atoms. The van der Waals surface area contributed by atoms with Crippen molar-refractivity contribution in [2.45, 2.75) is 44.2 Å². The molecule has 2 N–H and O–H groups in total. The summed E-state index contributed by atoms with van der Waals surface area (Å²) in [6.45, 7) is 0.884. The Bertz CT molecular complexity index is 192. The lowest BCUT2D eigenvalue weighted by atomic mass is 9.83. The summed E-state index contributed by atoms with van der Waals surface area (Å²) in [5.74, 6) is 3.45. The summed E-state index contributed by atoms with van der Waals surface area (Å²) in [4.78, 5) is 2.65. The van der Waals surface area contributed by atoms with E-state index in [2.05, 4.69) is 23.7 Å². The predicted molar refractivity (Wildman–Crippen MR) is 68.3 cm³/mol. The van der Waals surface area contributed by atoms with E-state index in [-0.39, 0.29) is 0 Å². The first-order chi connectivity index (χ1) is 7.33. The summed E-state index contributed by atoms with van der Waals surface area (Å²) < 4.78 is 0. The third-order valence-electron chi connectivity index (χ3n) is 4.18. The fourth-order valence-corrected chi connectivity index (χ4v) is 4.39. The minimum absolute atomic E-state index is 0.759. The van der Waals surface area contributed by atoms with Crippen LogP contribution < -0.4 is 5.73 Å². The van der Waals surface area contributed by atoms with Gasteiger partial charge in [-0.05, 0) is 44.5 Å². The first-order valence-corrected chi connectivity index (χ1v) is 7.48. The van der Waals surface area contributed by atoms with Gasteiger partial charge in [0.05, 0.1) is 0 Å². The minimum atomic E-state index is 0.759. The smallest absolute Gasteiger partial charge is 0.0194 e. The molecular formula is C12H24N2S. The molecule has 2 rings (SSSR count). The normalized spacial score (nSPS) is 37.4. The van der Waals surface area contributed by atoms with Gasteiger partial charge in [-0.2, -0.15) is 11.8 Å². The third kappa shape index (κ3) is 2.69. The van der Waals surface area contributed by atoms with E-state index in [4.69, 9.17) is 5.73 Å². The Balaban J connectivity index is 1.93. The van der Waals surface area contributed by atoms with Crippen molar-refractivity contribution >= 4 is 11.8 Å². The van der Waals surface area contributed by atoms with Crippen molar-refractivity contribution in [3.05, 3.63) is 0 Å². The van der Waals surface area contributed by atoms with Crippen LogP contribution in [0, 0.1) is 5.92 Å². The highest BCUT2D eigenvalue weighted by molar-refractivity contribution is 7.99. The van der Waals surface area contributed by atoms with Gasteiger partial charge in [-0.1, -0.05) is 12.8 Å². The van der Waals surface area contributed by atoms with Crippen LogP contribution in [0.5, 0.6) is 0 Å². The molecule has 0 bridgehead atoms. The Labute approximate surface area is 98.0 Å². The Hall–Kier alpha value is 0.270. The molecule has 88 valence electrons. The lowest BCUT2D eigenvalue weighted by molar-refractivity contribution is 0.102. The van der Waals surface area contributed by atoms with E-state index < -0.39 is 0 Å². The molecule has 0 aromatic heterocycles. The maximum Gasteiger partial charge on any atom is 0.0194 e. The van der Waals surface area contributed by atoms with Crippen molar-refractivity contribution in [3.8, 4) is 0 Å². The van der Waals surface area contributed by atoms with Crippen LogP contribution in [0.2, 0.25) is 0 Å². The largest absolute Gasteiger partial charge is 0.330 e. The highest BCUT2D eigenvalue weighted by atomic mass is 32.2. The van der Waals surface area contributed by atoms with Crippen LogP contribution >= 0.6 is 11.8 Å². The topological polar surface area (TPSA) is 29.3 Å². The fourth-order valence-electron chi connectivity index (χ4n) is 3.11. The number of nitrogens with two attached hydrogens (primary N) is 1. The Morgan fingerprint density at radius 3 is 2.73 bits per heavy atom. The second-order valence-electron chi connectivity index (χ2n) is 5.03. The quantitative estimate of drug-likeness (QED) is 0.800. The number of rotatable bonds is 3. The van der Waals surface area contributed by atoms with Gasteiger partial charge in [0.1, 0.15) is 0 Å². The van der Waals surface area contributed by atoms with Gasteiger partial charge in [0.25, 0.3) is 0 Å². The van der Waals surface area contributed by atoms with Crippen LogP contribution in [0.15, 0.2) is 0 Å². The molecule has 1 saturated heterocycles. The molecule has 2 nitrogen and oxygen atoms in total. The maximum absolute atomic E-state index is 5.90. The SMILES string of the molecule is CN(C1CCSC1)C1CCCCC1CN. The molecule has 2 fully saturated rings. The van der Waals surface area contributed by atoms with Crippen molar-refractivity contribution in [2.24, 2.45) is 11.7 Å². The molecule has 1 saturated carbocycles. The van der Waals surface area contributed by atoms with Crippen molar-refractivity contribution in [2.75, 3.05) is 25.1 Å². The van der Waals surface area contributed by atoms with Crippen molar-refractivity contribution in [1.82, 2.24) is 4.90 Å². The standard InChI is InChI=1S/C12H24N2S/c1-14(11-6-7-15-9-11)12-5-3-2-4-10(12)8-13/h10-12H,2-9,13H2,1H3. The number of hydrogen-bond donors (Lipinski definition) is 1. The van der Waals surface area contributed by atoms with Gasteiger partial charge < -0.3 is 5.73 Å². The van der Waals surface area contributed by atoms with Gasteiger partial charge in [-0.15, -0.1) is 0 Å². The Kier molecular flexibility index (Phi) is 4.35. The van der Waals surface area contributed by atoms with E-state index in [1.54, 1.807) is 0 Å². The van der Waals surface area contributed by atoms with E-state index in [1.165, 1.54) is 43.6 Å². The minimum Gasteiger partial charge on any atom is -0.330 e. The van der Waals surface area contributed by atoms with Crippen LogP contribution in [0.3, 0.4) is 0 Å². The molecule has 3 atom stereocenters. The van der Waals surface area contributed by atoms with Gasteiger partial charge in [0.15, 0.2) is 0 Å². The summed E-state index contributed by atoms with van der Waals surface area (Å²) in [5.41, 5.74) is 5.90. The first-order valence-electron chi connectivity index (χ1n) is 6.32. The maximum atomic E-state index is 5.90. The van der Waals surface area contributed by atoms with Gasteiger partial charge in [0.2, 0.25) is 0 Å². The Morgan fingerprint density at radius 1 is 1.27 bits per heavy atom. The van der Waals surface area contributed by atoms with E-state index in [1.807, 2.05) is 0 Å². The van der Waals surface area contributed by atoms with Crippen molar-refractivity contribution in [1.29, 1.82) is 0 Å². The molecular weight excluding hydrogens is 204 g/mol. The molecule has 15 heavy (non-hydrogen) atoms. The Morgan fingerprint density at radius 2 is 2.07 bits per heavy atom. The molecule has 0 aromatic carbocycles. The zero-order valence-electron chi connectivity index (χ0n) is 9.82. The monoisotopic (exact) mass is 228 g/mol. The summed E-state index contributed by atoms with van der Waals surface area (Å²) in [5, 5.41) is 0. The van der Waals surface area contributed by atoms with Crippen LogP contribution in [0.4, 0.5) is 0 Å². The first kappa shape index (κ1) is 11.7. The van der Waals surface area contributed by atoms with Gasteiger partial charge >= 0.3 is 0 Å². The molecule has 1 aliphatic heterocycles. The number of thioether (sulfide) groups is 1. The lowest BCUT2D eigenvalue weighted by Crippen LogP contribution is -2.47. The van der Waals surface area contributed by atoms with Gasteiger partial charge in [-0.25, -0.2) is 0 Å². The zero-order valence-corrected chi connectivity index (χ0v) is 10.6. The van der Waals surface area contributed by atoms with E-state index >= 15 is 0 Å². The molecule has 3 heteroatoms. The summed E-state index contributed by atoms with van der Waals surface area (Å²) in [7, 11) is 2.33. The van der Waals surface area contributed by atoms with Crippen LogP contribution in [-0.2, 0) is 0 Å².